The highest BCUT2D eigenvalue weighted by molar-refractivity contribution is 7.89. The summed E-state index contributed by atoms with van der Waals surface area (Å²) in [6, 6.07) is 8.42. The van der Waals surface area contributed by atoms with Crippen LogP contribution in [0.5, 0.6) is 5.75 Å². The van der Waals surface area contributed by atoms with Gasteiger partial charge >= 0.3 is 0 Å². The van der Waals surface area contributed by atoms with E-state index in [1.165, 1.54) is 27.0 Å². The number of thiazole rings is 1. The van der Waals surface area contributed by atoms with Crippen LogP contribution in [0.15, 0.2) is 46.0 Å². The minimum absolute atomic E-state index is 0.167. The molecule has 7 nitrogen and oxygen atoms in total. The molecule has 3 heterocycles. The van der Waals surface area contributed by atoms with Gasteiger partial charge in [-0.2, -0.15) is 15.6 Å². The van der Waals surface area contributed by atoms with Gasteiger partial charge in [0.1, 0.15) is 10.6 Å². The zero-order valence-corrected chi connectivity index (χ0v) is 18.1. The number of nitrogens with zero attached hydrogens (tertiary/aromatic N) is 2. The molecule has 0 bridgehead atoms. The van der Waals surface area contributed by atoms with Crippen LogP contribution < -0.4 is 10.1 Å². The molecule has 1 aliphatic heterocycles. The summed E-state index contributed by atoms with van der Waals surface area (Å²) in [6.07, 6.45) is 0.496. The Bertz CT molecular complexity index is 1120. The number of ether oxygens (including phenoxy) is 1. The third-order valence-corrected chi connectivity index (χ3v) is 8.03. The van der Waals surface area contributed by atoms with E-state index in [1.807, 2.05) is 12.3 Å². The fourth-order valence-electron chi connectivity index (χ4n) is 3.07. The molecule has 0 spiro atoms. The minimum Gasteiger partial charge on any atom is -0.492 e. The highest BCUT2D eigenvalue weighted by atomic mass is 32.2. The van der Waals surface area contributed by atoms with Gasteiger partial charge in [-0.05, 0) is 30.5 Å². The summed E-state index contributed by atoms with van der Waals surface area (Å²) in [4.78, 5) is 17.7. The number of hydrogen-bond donors (Lipinski definition) is 1. The first-order valence-corrected chi connectivity index (χ1v) is 12.2. The van der Waals surface area contributed by atoms with Crippen LogP contribution in [0.4, 0.5) is 5.13 Å². The van der Waals surface area contributed by atoms with E-state index < -0.39 is 10.0 Å². The van der Waals surface area contributed by atoms with Crippen LogP contribution in [0.1, 0.15) is 27.9 Å². The molecule has 10 heteroatoms. The molecule has 4 rings (SSSR count). The molecule has 29 heavy (non-hydrogen) atoms. The summed E-state index contributed by atoms with van der Waals surface area (Å²) >= 11 is 2.76. The average molecular weight is 450 g/mol. The van der Waals surface area contributed by atoms with Crippen LogP contribution in [-0.4, -0.2) is 36.8 Å². The maximum absolute atomic E-state index is 13.2. The second-order valence-electron chi connectivity index (χ2n) is 6.32. The van der Waals surface area contributed by atoms with Crippen molar-refractivity contribution in [1.82, 2.24) is 9.29 Å². The topological polar surface area (TPSA) is 88.6 Å². The fourth-order valence-corrected chi connectivity index (χ4v) is 6.35. The molecule has 0 saturated carbocycles. The van der Waals surface area contributed by atoms with Crippen LogP contribution in [0, 0.1) is 0 Å². The molecule has 1 aliphatic rings. The molecule has 0 radical (unpaired) electrons. The first kappa shape index (κ1) is 20.0. The van der Waals surface area contributed by atoms with E-state index in [-0.39, 0.29) is 17.3 Å². The van der Waals surface area contributed by atoms with Crippen LogP contribution in [0.2, 0.25) is 0 Å². The number of benzene rings is 1. The van der Waals surface area contributed by atoms with Gasteiger partial charge in [-0.25, -0.2) is 13.4 Å². The van der Waals surface area contributed by atoms with E-state index in [4.69, 9.17) is 4.74 Å². The molecule has 3 aromatic rings. The number of carbonyl (C=O) groups is 1. The average Bonchev–Trinajstić information content (AvgIpc) is 3.37. The summed E-state index contributed by atoms with van der Waals surface area (Å²) in [7, 11) is -3.71. The number of thiophene rings is 1. The smallest absolute Gasteiger partial charge is 0.258 e. The fraction of sp³-hybridized carbons (Fsp3) is 0.263. The van der Waals surface area contributed by atoms with Crippen LogP contribution in [-0.2, 0) is 23.0 Å². The second-order valence-corrected chi connectivity index (χ2v) is 10.1. The van der Waals surface area contributed by atoms with Crippen molar-refractivity contribution in [3.63, 3.8) is 0 Å². The van der Waals surface area contributed by atoms with Crippen LogP contribution in [0.3, 0.4) is 0 Å². The Morgan fingerprint density at radius 3 is 2.90 bits per heavy atom. The second kappa shape index (κ2) is 8.23. The Balaban J connectivity index is 1.54. The lowest BCUT2D eigenvalue weighted by atomic mass is 10.2. The highest BCUT2D eigenvalue weighted by Crippen LogP contribution is 2.33. The summed E-state index contributed by atoms with van der Waals surface area (Å²) < 4.78 is 33.3. The first-order chi connectivity index (χ1) is 14.0. The molecule has 0 unspecified atom stereocenters. The standard InChI is InChI=1S/C19H19N3O4S3/c1-2-26-15-5-3-4-6-17(15)29(24,25)22-9-7-14-16(11-22)28-19(20-14)21-18(23)13-8-10-27-12-13/h3-6,8,10,12H,2,7,9,11H2,1H3,(H,20,21,23). The lowest BCUT2D eigenvalue weighted by Gasteiger charge is -2.26. The van der Waals surface area contributed by atoms with E-state index in [0.717, 1.165) is 10.6 Å². The molecular formula is C19H19N3O4S3. The number of amides is 1. The zero-order valence-electron chi connectivity index (χ0n) is 15.6. The Labute approximate surface area is 177 Å². The molecule has 1 aromatic carbocycles. The monoisotopic (exact) mass is 449 g/mol. The van der Waals surface area contributed by atoms with Crippen molar-refractivity contribution >= 4 is 43.7 Å². The van der Waals surface area contributed by atoms with Crippen molar-refractivity contribution in [1.29, 1.82) is 0 Å². The summed E-state index contributed by atoms with van der Waals surface area (Å²) in [5.41, 5.74) is 1.42. The van der Waals surface area contributed by atoms with Crippen molar-refractivity contribution in [3.05, 3.63) is 57.2 Å². The van der Waals surface area contributed by atoms with E-state index in [1.54, 1.807) is 35.7 Å². The van der Waals surface area contributed by atoms with Gasteiger partial charge in [0, 0.05) is 23.2 Å². The number of aromatic nitrogens is 1. The van der Waals surface area contributed by atoms with E-state index in [2.05, 4.69) is 10.3 Å². The largest absolute Gasteiger partial charge is 0.492 e. The molecule has 0 aliphatic carbocycles. The van der Waals surface area contributed by atoms with Gasteiger partial charge < -0.3 is 4.74 Å². The van der Waals surface area contributed by atoms with Crippen LogP contribution >= 0.6 is 22.7 Å². The number of anilines is 1. The van der Waals surface area contributed by atoms with Gasteiger partial charge in [0.2, 0.25) is 10.0 Å². The van der Waals surface area contributed by atoms with Crippen molar-refractivity contribution in [3.8, 4) is 5.75 Å². The maximum atomic E-state index is 13.2. The zero-order chi connectivity index (χ0) is 20.4. The normalized spacial score (nSPS) is 14.4. The molecule has 0 atom stereocenters. The van der Waals surface area contributed by atoms with Crippen molar-refractivity contribution in [2.45, 2.75) is 24.8 Å². The minimum atomic E-state index is -3.71. The number of nitrogens with one attached hydrogen (secondary N) is 1. The molecule has 152 valence electrons. The van der Waals surface area contributed by atoms with Gasteiger partial charge in [0.25, 0.3) is 5.91 Å². The number of fused-ring (bicyclic) bond motifs is 1. The van der Waals surface area contributed by atoms with Gasteiger partial charge in [-0.1, -0.05) is 12.1 Å². The van der Waals surface area contributed by atoms with Crippen LogP contribution in [0.25, 0.3) is 0 Å². The highest BCUT2D eigenvalue weighted by Gasteiger charge is 2.32. The molecule has 0 saturated heterocycles. The quantitative estimate of drug-likeness (QED) is 0.621. The Morgan fingerprint density at radius 2 is 2.14 bits per heavy atom. The van der Waals surface area contributed by atoms with Gasteiger partial charge in [-0.3, -0.25) is 10.1 Å². The van der Waals surface area contributed by atoms with Gasteiger partial charge in [-0.15, -0.1) is 11.3 Å². The molecule has 1 N–H and O–H groups in total. The third-order valence-electron chi connectivity index (χ3n) is 4.47. The van der Waals surface area contributed by atoms with E-state index >= 15 is 0 Å². The number of carbonyl (C=O) groups excluding carboxylic acids is 1. The van der Waals surface area contributed by atoms with E-state index in [9.17, 15) is 13.2 Å². The molecule has 0 fully saturated rings. The number of para-hydroxylation sites is 1. The van der Waals surface area contributed by atoms with E-state index in [0.29, 0.717) is 36.0 Å². The molecular weight excluding hydrogens is 430 g/mol. The Hall–Kier alpha value is -2.27. The lowest BCUT2D eigenvalue weighted by Crippen LogP contribution is -2.35. The lowest BCUT2D eigenvalue weighted by molar-refractivity contribution is 0.102. The van der Waals surface area contributed by atoms with Crippen molar-refractivity contribution < 1.29 is 17.9 Å². The Kier molecular flexibility index (Phi) is 5.68. The maximum Gasteiger partial charge on any atom is 0.258 e. The number of hydrogen-bond acceptors (Lipinski definition) is 7. The molecule has 1 amide bonds. The number of rotatable bonds is 6. The first-order valence-electron chi connectivity index (χ1n) is 9.03. The predicted molar refractivity (Wildman–Crippen MR) is 113 cm³/mol. The summed E-state index contributed by atoms with van der Waals surface area (Å²) in [6.45, 7) is 2.76. The SMILES string of the molecule is CCOc1ccccc1S(=O)(=O)N1CCc2nc(NC(=O)c3ccsc3)sc2C1. The van der Waals surface area contributed by atoms with Crippen molar-refractivity contribution in [2.75, 3.05) is 18.5 Å². The summed E-state index contributed by atoms with van der Waals surface area (Å²) in [5.74, 6) is 0.140. The predicted octanol–water partition coefficient (Wildman–Crippen LogP) is 3.60. The van der Waals surface area contributed by atoms with Crippen molar-refractivity contribution in [2.24, 2.45) is 0 Å². The summed E-state index contributed by atoms with van der Waals surface area (Å²) in [5, 5.41) is 6.89. The van der Waals surface area contributed by atoms with Gasteiger partial charge in [0.05, 0.1) is 24.4 Å². The van der Waals surface area contributed by atoms with Gasteiger partial charge in [0.15, 0.2) is 5.13 Å². The molecule has 2 aromatic heterocycles. The number of sulfonamides is 1. The third kappa shape index (κ3) is 4.06. The Morgan fingerprint density at radius 1 is 1.31 bits per heavy atom.